The second kappa shape index (κ2) is 4.64. The first kappa shape index (κ1) is 11.0. The Morgan fingerprint density at radius 3 is 2.78 bits per heavy atom. The molecule has 0 saturated carbocycles. The van der Waals surface area contributed by atoms with Crippen LogP contribution in [0.25, 0.3) is 10.9 Å². The molecule has 1 aliphatic heterocycles. The first-order chi connectivity index (χ1) is 8.84. The molecule has 0 unspecified atom stereocenters. The standard InChI is InChI=1S/C14H14N2O2/c17-14(16-9-1-2-10-16)18-12-7-3-5-11-6-4-8-15-13(11)12/h3-8H,1-2,9-10H2. The van der Waals surface area contributed by atoms with Crippen molar-refractivity contribution in [1.29, 1.82) is 0 Å². The number of para-hydroxylation sites is 1. The smallest absolute Gasteiger partial charge is 0.408 e. The molecule has 92 valence electrons. The van der Waals surface area contributed by atoms with Crippen LogP contribution < -0.4 is 4.74 Å². The normalized spacial score (nSPS) is 15.0. The number of likely N-dealkylation sites (tertiary alicyclic amines) is 1. The van der Waals surface area contributed by atoms with Gasteiger partial charge in [0.15, 0.2) is 5.75 Å². The van der Waals surface area contributed by atoms with Gasteiger partial charge in [0.25, 0.3) is 0 Å². The molecule has 1 saturated heterocycles. The molecule has 0 atom stereocenters. The summed E-state index contributed by atoms with van der Waals surface area (Å²) < 4.78 is 5.44. The lowest BCUT2D eigenvalue weighted by Gasteiger charge is -2.15. The number of benzene rings is 1. The molecule has 2 aromatic rings. The summed E-state index contributed by atoms with van der Waals surface area (Å²) in [5.74, 6) is 0.532. The van der Waals surface area contributed by atoms with Gasteiger partial charge in [-0.3, -0.25) is 4.98 Å². The van der Waals surface area contributed by atoms with E-state index in [0.717, 1.165) is 36.8 Å². The fourth-order valence-corrected chi connectivity index (χ4v) is 2.22. The average molecular weight is 242 g/mol. The summed E-state index contributed by atoms with van der Waals surface area (Å²) in [5, 5.41) is 0.976. The van der Waals surface area contributed by atoms with Gasteiger partial charge in [-0.2, -0.15) is 0 Å². The lowest BCUT2D eigenvalue weighted by Crippen LogP contribution is -2.30. The van der Waals surface area contributed by atoms with Gasteiger partial charge in [0.05, 0.1) is 0 Å². The number of hydrogen-bond acceptors (Lipinski definition) is 3. The lowest BCUT2D eigenvalue weighted by molar-refractivity contribution is 0.163. The van der Waals surface area contributed by atoms with E-state index in [4.69, 9.17) is 4.74 Å². The Morgan fingerprint density at radius 2 is 1.94 bits per heavy atom. The molecule has 0 aliphatic carbocycles. The van der Waals surface area contributed by atoms with Crippen LogP contribution in [-0.2, 0) is 0 Å². The molecular formula is C14H14N2O2. The van der Waals surface area contributed by atoms with Crippen LogP contribution in [0.2, 0.25) is 0 Å². The number of hydrogen-bond donors (Lipinski definition) is 0. The Hall–Kier alpha value is -2.10. The zero-order valence-corrected chi connectivity index (χ0v) is 10.0. The van der Waals surface area contributed by atoms with Crippen molar-refractivity contribution in [3.8, 4) is 5.75 Å². The van der Waals surface area contributed by atoms with Crippen molar-refractivity contribution in [2.45, 2.75) is 12.8 Å². The Labute approximate surface area is 105 Å². The molecule has 4 heteroatoms. The number of aromatic nitrogens is 1. The van der Waals surface area contributed by atoms with E-state index in [-0.39, 0.29) is 6.09 Å². The number of fused-ring (bicyclic) bond motifs is 1. The molecule has 18 heavy (non-hydrogen) atoms. The van der Waals surface area contributed by atoms with E-state index in [1.165, 1.54) is 0 Å². The van der Waals surface area contributed by atoms with Crippen molar-refractivity contribution in [3.63, 3.8) is 0 Å². The first-order valence-corrected chi connectivity index (χ1v) is 6.15. The van der Waals surface area contributed by atoms with Gasteiger partial charge >= 0.3 is 6.09 Å². The summed E-state index contributed by atoms with van der Waals surface area (Å²) in [4.78, 5) is 17.9. The van der Waals surface area contributed by atoms with E-state index in [1.54, 1.807) is 17.2 Å². The highest BCUT2D eigenvalue weighted by molar-refractivity contribution is 5.86. The predicted octanol–water partition coefficient (Wildman–Crippen LogP) is 2.83. The van der Waals surface area contributed by atoms with Crippen LogP contribution in [0.15, 0.2) is 36.5 Å². The third-order valence-corrected chi connectivity index (χ3v) is 3.16. The molecule has 1 amide bonds. The van der Waals surface area contributed by atoms with Gasteiger partial charge in [-0.25, -0.2) is 4.79 Å². The summed E-state index contributed by atoms with van der Waals surface area (Å²) in [6.45, 7) is 1.58. The van der Waals surface area contributed by atoms with Gasteiger partial charge in [0.1, 0.15) is 5.52 Å². The first-order valence-electron chi connectivity index (χ1n) is 6.15. The Morgan fingerprint density at radius 1 is 1.17 bits per heavy atom. The van der Waals surface area contributed by atoms with Crippen LogP contribution in [0.5, 0.6) is 5.75 Å². The van der Waals surface area contributed by atoms with E-state index in [9.17, 15) is 4.79 Å². The Kier molecular flexibility index (Phi) is 2.84. The summed E-state index contributed by atoms with van der Waals surface area (Å²) in [7, 11) is 0. The largest absolute Gasteiger partial charge is 0.415 e. The Balaban J connectivity index is 1.88. The van der Waals surface area contributed by atoms with E-state index in [2.05, 4.69) is 4.98 Å². The number of nitrogens with zero attached hydrogens (tertiary/aromatic N) is 2. The lowest BCUT2D eigenvalue weighted by atomic mass is 10.2. The minimum atomic E-state index is -0.273. The van der Waals surface area contributed by atoms with Crippen molar-refractivity contribution in [2.24, 2.45) is 0 Å². The molecule has 1 aliphatic rings. The fourth-order valence-electron chi connectivity index (χ4n) is 2.22. The van der Waals surface area contributed by atoms with Crippen molar-refractivity contribution >= 4 is 17.0 Å². The topological polar surface area (TPSA) is 42.4 Å². The van der Waals surface area contributed by atoms with E-state index < -0.39 is 0 Å². The monoisotopic (exact) mass is 242 g/mol. The number of amides is 1. The highest BCUT2D eigenvalue weighted by Crippen LogP contribution is 2.24. The van der Waals surface area contributed by atoms with E-state index >= 15 is 0 Å². The third-order valence-electron chi connectivity index (χ3n) is 3.16. The number of pyridine rings is 1. The maximum Gasteiger partial charge on any atom is 0.415 e. The summed E-state index contributed by atoms with van der Waals surface area (Å²) in [6, 6.07) is 9.43. The van der Waals surface area contributed by atoms with Gasteiger partial charge in [-0.1, -0.05) is 18.2 Å². The molecule has 2 heterocycles. The molecule has 3 rings (SSSR count). The average Bonchev–Trinajstić information content (AvgIpc) is 2.93. The van der Waals surface area contributed by atoms with Crippen LogP contribution in [0.1, 0.15) is 12.8 Å². The summed E-state index contributed by atoms with van der Waals surface area (Å²) in [5.41, 5.74) is 0.729. The molecule has 0 N–H and O–H groups in total. The maximum absolute atomic E-state index is 11.9. The summed E-state index contributed by atoms with van der Waals surface area (Å²) in [6.07, 6.45) is 3.55. The zero-order valence-electron chi connectivity index (χ0n) is 10.0. The molecule has 0 spiro atoms. The van der Waals surface area contributed by atoms with Crippen LogP contribution in [-0.4, -0.2) is 29.1 Å². The highest BCUT2D eigenvalue weighted by atomic mass is 16.6. The van der Waals surface area contributed by atoms with Crippen LogP contribution >= 0.6 is 0 Å². The van der Waals surface area contributed by atoms with E-state index in [0.29, 0.717) is 5.75 Å². The Bertz CT molecular complexity index is 572. The quantitative estimate of drug-likeness (QED) is 0.772. The van der Waals surface area contributed by atoms with Gasteiger partial charge in [0, 0.05) is 24.7 Å². The van der Waals surface area contributed by atoms with Crippen molar-refractivity contribution < 1.29 is 9.53 Å². The van der Waals surface area contributed by atoms with Crippen molar-refractivity contribution in [2.75, 3.05) is 13.1 Å². The second-order valence-electron chi connectivity index (χ2n) is 4.39. The summed E-state index contributed by atoms with van der Waals surface area (Å²) >= 11 is 0. The van der Waals surface area contributed by atoms with Crippen LogP contribution in [0.4, 0.5) is 4.79 Å². The molecule has 1 aromatic carbocycles. The minimum Gasteiger partial charge on any atom is -0.408 e. The SMILES string of the molecule is O=C(Oc1cccc2cccnc12)N1CCCC1. The molecule has 0 radical (unpaired) electrons. The second-order valence-corrected chi connectivity index (χ2v) is 4.39. The molecule has 0 bridgehead atoms. The van der Waals surface area contributed by atoms with Gasteiger partial charge in [0.2, 0.25) is 0 Å². The number of ether oxygens (including phenoxy) is 1. The van der Waals surface area contributed by atoms with Crippen molar-refractivity contribution in [1.82, 2.24) is 9.88 Å². The minimum absolute atomic E-state index is 0.273. The third kappa shape index (κ3) is 2.01. The van der Waals surface area contributed by atoms with E-state index in [1.807, 2.05) is 24.3 Å². The van der Waals surface area contributed by atoms with Crippen LogP contribution in [0, 0.1) is 0 Å². The van der Waals surface area contributed by atoms with Gasteiger partial charge in [-0.15, -0.1) is 0 Å². The number of rotatable bonds is 1. The maximum atomic E-state index is 11.9. The van der Waals surface area contributed by atoms with Gasteiger partial charge < -0.3 is 9.64 Å². The van der Waals surface area contributed by atoms with Crippen LogP contribution in [0.3, 0.4) is 0 Å². The van der Waals surface area contributed by atoms with Gasteiger partial charge in [-0.05, 0) is 25.0 Å². The number of carbonyl (C=O) groups excluding carboxylic acids is 1. The predicted molar refractivity (Wildman–Crippen MR) is 68.6 cm³/mol. The molecular weight excluding hydrogens is 228 g/mol. The highest BCUT2D eigenvalue weighted by Gasteiger charge is 2.20. The number of carbonyl (C=O) groups is 1. The van der Waals surface area contributed by atoms with Crippen molar-refractivity contribution in [3.05, 3.63) is 36.5 Å². The molecule has 1 aromatic heterocycles. The molecule has 4 nitrogen and oxygen atoms in total. The zero-order chi connectivity index (χ0) is 12.4. The fraction of sp³-hybridized carbons (Fsp3) is 0.286. The molecule has 1 fully saturated rings.